The summed E-state index contributed by atoms with van der Waals surface area (Å²) in [5.41, 5.74) is 7.14. The van der Waals surface area contributed by atoms with Crippen LogP contribution >= 0.6 is 0 Å². The standard InChI is InChI=1S/C12H14N6O/c1-19-7-6-15-12-16-11(14)18(17-12)10-4-2-9(8-13)3-5-10/h2-5H,6-7H2,1H3,(H3,14,15,16,17). The molecule has 0 aliphatic rings. The van der Waals surface area contributed by atoms with Crippen LogP contribution in [0.25, 0.3) is 5.69 Å². The van der Waals surface area contributed by atoms with Gasteiger partial charge in [0.15, 0.2) is 0 Å². The lowest BCUT2D eigenvalue weighted by Gasteiger charge is -2.02. The molecular formula is C12H14N6O. The molecule has 0 fully saturated rings. The molecule has 0 aliphatic carbocycles. The van der Waals surface area contributed by atoms with Gasteiger partial charge in [0.2, 0.25) is 11.9 Å². The molecule has 7 nitrogen and oxygen atoms in total. The van der Waals surface area contributed by atoms with E-state index in [1.807, 2.05) is 0 Å². The molecule has 0 amide bonds. The maximum absolute atomic E-state index is 8.75. The van der Waals surface area contributed by atoms with Gasteiger partial charge in [-0.1, -0.05) is 0 Å². The highest BCUT2D eigenvalue weighted by Crippen LogP contribution is 2.14. The lowest BCUT2D eigenvalue weighted by Crippen LogP contribution is -2.09. The average Bonchev–Trinajstić information content (AvgIpc) is 2.80. The number of hydrogen-bond donors (Lipinski definition) is 2. The third-order valence-corrected chi connectivity index (χ3v) is 2.46. The van der Waals surface area contributed by atoms with E-state index in [4.69, 9.17) is 15.7 Å². The van der Waals surface area contributed by atoms with Gasteiger partial charge in [-0.05, 0) is 24.3 Å². The number of rotatable bonds is 5. The Morgan fingerprint density at radius 1 is 1.42 bits per heavy atom. The second-order valence-corrected chi connectivity index (χ2v) is 3.78. The summed E-state index contributed by atoms with van der Waals surface area (Å²) < 4.78 is 6.43. The van der Waals surface area contributed by atoms with Crippen LogP contribution in [0, 0.1) is 11.3 Å². The summed E-state index contributed by atoms with van der Waals surface area (Å²) in [5, 5.41) is 16.0. The Bertz CT molecular complexity index is 583. The van der Waals surface area contributed by atoms with Crippen molar-refractivity contribution in [3.63, 3.8) is 0 Å². The van der Waals surface area contributed by atoms with Crippen molar-refractivity contribution in [3.05, 3.63) is 29.8 Å². The maximum atomic E-state index is 8.75. The molecule has 0 spiro atoms. The number of ether oxygens (including phenoxy) is 1. The van der Waals surface area contributed by atoms with Gasteiger partial charge in [0.05, 0.1) is 23.9 Å². The van der Waals surface area contributed by atoms with Crippen molar-refractivity contribution in [2.75, 3.05) is 31.3 Å². The molecule has 19 heavy (non-hydrogen) atoms. The first-order valence-electron chi connectivity index (χ1n) is 5.70. The van der Waals surface area contributed by atoms with Crippen LogP contribution in [-0.2, 0) is 4.74 Å². The fraction of sp³-hybridized carbons (Fsp3) is 0.250. The minimum Gasteiger partial charge on any atom is -0.383 e. The van der Waals surface area contributed by atoms with Crippen LogP contribution < -0.4 is 11.1 Å². The van der Waals surface area contributed by atoms with Crippen molar-refractivity contribution in [2.24, 2.45) is 0 Å². The van der Waals surface area contributed by atoms with Crippen LogP contribution in [0.5, 0.6) is 0 Å². The first-order valence-corrected chi connectivity index (χ1v) is 5.70. The first kappa shape index (κ1) is 12.9. The Kier molecular flexibility index (Phi) is 3.95. The number of aromatic nitrogens is 3. The molecule has 0 radical (unpaired) electrons. The maximum Gasteiger partial charge on any atom is 0.244 e. The smallest absolute Gasteiger partial charge is 0.244 e. The van der Waals surface area contributed by atoms with Crippen molar-refractivity contribution >= 4 is 11.9 Å². The zero-order valence-corrected chi connectivity index (χ0v) is 10.5. The summed E-state index contributed by atoms with van der Waals surface area (Å²) in [6, 6.07) is 9.00. The van der Waals surface area contributed by atoms with Gasteiger partial charge in [-0.2, -0.15) is 14.9 Å². The number of nitriles is 1. The predicted molar refractivity (Wildman–Crippen MR) is 70.9 cm³/mol. The molecule has 1 aromatic carbocycles. The monoisotopic (exact) mass is 258 g/mol. The van der Waals surface area contributed by atoms with E-state index in [-0.39, 0.29) is 5.95 Å². The van der Waals surface area contributed by atoms with Crippen LogP contribution in [0.2, 0.25) is 0 Å². The first-order chi connectivity index (χ1) is 9.24. The molecule has 0 unspecified atom stereocenters. The van der Waals surface area contributed by atoms with Crippen molar-refractivity contribution < 1.29 is 4.74 Å². The molecule has 1 aromatic heterocycles. The Morgan fingerprint density at radius 3 is 2.79 bits per heavy atom. The van der Waals surface area contributed by atoms with E-state index in [1.54, 1.807) is 31.4 Å². The molecule has 2 aromatic rings. The van der Waals surface area contributed by atoms with Crippen LogP contribution in [-0.4, -0.2) is 35.0 Å². The normalized spacial score (nSPS) is 10.1. The summed E-state index contributed by atoms with van der Waals surface area (Å²) >= 11 is 0. The minimum atomic E-state index is 0.282. The molecule has 0 aliphatic heterocycles. The molecule has 0 atom stereocenters. The number of nitrogens with two attached hydrogens (primary N) is 1. The van der Waals surface area contributed by atoms with Crippen LogP contribution in [0.4, 0.5) is 11.9 Å². The van der Waals surface area contributed by atoms with Gasteiger partial charge >= 0.3 is 0 Å². The molecule has 3 N–H and O–H groups in total. The van der Waals surface area contributed by atoms with E-state index in [0.29, 0.717) is 24.7 Å². The Hall–Kier alpha value is -2.59. The number of anilines is 2. The van der Waals surface area contributed by atoms with Gasteiger partial charge in [-0.15, -0.1) is 5.10 Å². The fourth-order valence-corrected chi connectivity index (χ4v) is 1.53. The summed E-state index contributed by atoms with van der Waals surface area (Å²) in [5.74, 6) is 0.725. The Balaban J connectivity index is 2.17. The number of methoxy groups -OCH3 is 1. The molecule has 0 saturated carbocycles. The van der Waals surface area contributed by atoms with Crippen LogP contribution in [0.15, 0.2) is 24.3 Å². The fourth-order valence-electron chi connectivity index (χ4n) is 1.53. The molecule has 0 saturated heterocycles. The van der Waals surface area contributed by atoms with Gasteiger partial charge in [0, 0.05) is 13.7 Å². The van der Waals surface area contributed by atoms with E-state index in [0.717, 1.165) is 5.69 Å². The summed E-state index contributed by atoms with van der Waals surface area (Å²) in [6.07, 6.45) is 0. The van der Waals surface area contributed by atoms with Gasteiger partial charge in [-0.25, -0.2) is 0 Å². The zero-order chi connectivity index (χ0) is 13.7. The summed E-state index contributed by atoms with van der Waals surface area (Å²) in [6.45, 7) is 1.17. The van der Waals surface area contributed by atoms with Crippen molar-refractivity contribution in [2.45, 2.75) is 0 Å². The van der Waals surface area contributed by atoms with E-state index >= 15 is 0 Å². The largest absolute Gasteiger partial charge is 0.383 e. The highest BCUT2D eigenvalue weighted by molar-refractivity contribution is 5.44. The third-order valence-electron chi connectivity index (χ3n) is 2.46. The van der Waals surface area contributed by atoms with Crippen LogP contribution in [0.1, 0.15) is 5.56 Å². The highest BCUT2D eigenvalue weighted by Gasteiger charge is 2.08. The number of nitrogens with zero attached hydrogens (tertiary/aromatic N) is 4. The molecule has 7 heteroatoms. The Labute approximate surface area is 110 Å². The number of nitrogen functional groups attached to an aromatic ring is 1. The van der Waals surface area contributed by atoms with Crippen molar-refractivity contribution in [1.82, 2.24) is 14.8 Å². The Morgan fingerprint density at radius 2 is 2.16 bits per heavy atom. The molecule has 1 heterocycles. The molecule has 0 bridgehead atoms. The van der Waals surface area contributed by atoms with Crippen molar-refractivity contribution in [1.29, 1.82) is 5.26 Å². The van der Waals surface area contributed by atoms with E-state index < -0.39 is 0 Å². The van der Waals surface area contributed by atoms with E-state index in [1.165, 1.54) is 4.68 Å². The second-order valence-electron chi connectivity index (χ2n) is 3.78. The topological polar surface area (TPSA) is 102 Å². The van der Waals surface area contributed by atoms with Gasteiger partial charge < -0.3 is 15.8 Å². The lowest BCUT2D eigenvalue weighted by atomic mass is 10.2. The number of nitrogens with one attached hydrogen (secondary N) is 1. The summed E-state index contributed by atoms with van der Waals surface area (Å²) in [4.78, 5) is 4.10. The molecule has 2 rings (SSSR count). The van der Waals surface area contributed by atoms with Gasteiger partial charge in [0.1, 0.15) is 0 Å². The quantitative estimate of drug-likeness (QED) is 0.768. The number of hydrogen-bond acceptors (Lipinski definition) is 6. The minimum absolute atomic E-state index is 0.282. The van der Waals surface area contributed by atoms with Crippen molar-refractivity contribution in [3.8, 4) is 11.8 Å². The van der Waals surface area contributed by atoms with Gasteiger partial charge in [0.25, 0.3) is 0 Å². The zero-order valence-electron chi connectivity index (χ0n) is 10.5. The van der Waals surface area contributed by atoms with E-state index in [2.05, 4.69) is 21.5 Å². The second kappa shape index (κ2) is 5.84. The third kappa shape index (κ3) is 3.00. The molecular weight excluding hydrogens is 244 g/mol. The average molecular weight is 258 g/mol. The predicted octanol–water partition coefficient (Wildman–Crippen LogP) is 0.779. The lowest BCUT2D eigenvalue weighted by molar-refractivity contribution is 0.210. The molecule has 98 valence electrons. The highest BCUT2D eigenvalue weighted by atomic mass is 16.5. The van der Waals surface area contributed by atoms with Gasteiger partial charge in [-0.3, -0.25) is 0 Å². The number of benzene rings is 1. The van der Waals surface area contributed by atoms with E-state index in [9.17, 15) is 0 Å². The van der Waals surface area contributed by atoms with Crippen LogP contribution in [0.3, 0.4) is 0 Å². The summed E-state index contributed by atoms with van der Waals surface area (Å²) in [7, 11) is 1.62. The SMILES string of the molecule is COCCNc1nc(N)n(-c2ccc(C#N)cc2)n1.